The van der Waals surface area contributed by atoms with Crippen LogP contribution in [0.3, 0.4) is 0 Å². The van der Waals surface area contributed by atoms with Gasteiger partial charge in [-0.05, 0) is 48.0 Å². The standard InChI is InChI=1S/C14H11BrN2O2S2/c1-7-5-9(8(2)19-7)13(18)17-14-16-10(6-20-14)11-3-4-12(15)21-11/h3-6H,1-2H3,(H,16,17,18). The summed E-state index contributed by atoms with van der Waals surface area (Å²) in [5.41, 5.74) is 1.41. The summed E-state index contributed by atoms with van der Waals surface area (Å²) in [5, 5.41) is 5.32. The number of nitrogens with one attached hydrogen (secondary N) is 1. The largest absolute Gasteiger partial charge is 0.466 e. The summed E-state index contributed by atoms with van der Waals surface area (Å²) in [6.45, 7) is 3.60. The zero-order valence-corrected chi connectivity index (χ0v) is 14.5. The van der Waals surface area contributed by atoms with Gasteiger partial charge in [0, 0.05) is 5.38 Å². The van der Waals surface area contributed by atoms with E-state index in [1.54, 1.807) is 24.3 Å². The molecule has 0 aromatic carbocycles. The SMILES string of the molecule is Cc1cc(C(=O)Nc2nc(-c3ccc(Br)s3)cs2)c(C)o1. The highest BCUT2D eigenvalue weighted by Gasteiger charge is 2.15. The van der Waals surface area contributed by atoms with Crippen molar-refractivity contribution in [3.63, 3.8) is 0 Å². The molecule has 108 valence electrons. The van der Waals surface area contributed by atoms with Gasteiger partial charge in [0.15, 0.2) is 5.13 Å². The first-order valence-corrected chi connectivity index (χ1v) is 8.61. The van der Waals surface area contributed by atoms with Crippen molar-refractivity contribution in [2.24, 2.45) is 0 Å². The first-order valence-electron chi connectivity index (χ1n) is 6.12. The van der Waals surface area contributed by atoms with Gasteiger partial charge in [0.05, 0.1) is 19.9 Å². The summed E-state index contributed by atoms with van der Waals surface area (Å²) in [6.07, 6.45) is 0. The van der Waals surface area contributed by atoms with Gasteiger partial charge in [0.25, 0.3) is 5.91 Å². The van der Waals surface area contributed by atoms with Gasteiger partial charge in [-0.15, -0.1) is 22.7 Å². The average Bonchev–Trinajstić information content (AvgIpc) is 3.10. The van der Waals surface area contributed by atoms with E-state index in [1.165, 1.54) is 11.3 Å². The van der Waals surface area contributed by atoms with Crippen LogP contribution in [0.4, 0.5) is 5.13 Å². The zero-order chi connectivity index (χ0) is 15.0. The maximum atomic E-state index is 12.2. The zero-order valence-electron chi connectivity index (χ0n) is 11.3. The highest BCUT2D eigenvalue weighted by atomic mass is 79.9. The Bertz CT molecular complexity index is 804. The Morgan fingerprint density at radius 3 is 2.81 bits per heavy atom. The second kappa shape index (κ2) is 5.75. The molecule has 1 N–H and O–H groups in total. The van der Waals surface area contributed by atoms with Crippen molar-refractivity contribution < 1.29 is 9.21 Å². The molecule has 7 heteroatoms. The third-order valence-corrected chi connectivity index (χ3v) is 5.24. The van der Waals surface area contributed by atoms with Gasteiger partial charge in [0.1, 0.15) is 11.5 Å². The maximum Gasteiger partial charge on any atom is 0.260 e. The van der Waals surface area contributed by atoms with E-state index in [1.807, 2.05) is 24.4 Å². The molecule has 0 saturated heterocycles. The van der Waals surface area contributed by atoms with Crippen LogP contribution in [0.1, 0.15) is 21.9 Å². The molecule has 0 aliphatic carbocycles. The van der Waals surface area contributed by atoms with Crippen LogP contribution < -0.4 is 5.32 Å². The topological polar surface area (TPSA) is 55.1 Å². The van der Waals surface area contributed by atoms with Crippen molar-refractivity contribution in [1.82, 2.24) is 4.98 Å². The molecule has 3 heterocycles. The van der Waals surface area contributed by atoms with Crippen molar-refractivity contribution in [3.05, 3.63) is 44.4 Å². The van der Waals surface area contributed by atoms with Gasteiger partial charge in [-0.2, -0.15) is 0 Å². The van der Waals surface area contributed by atoms with Gasteiger partial charge >= 0.3 is 0 Å². The number of hydrogen-bond donors (Lipinski definition) is 1. The molecule has 3 rings (SSSR count). The molecule has 0 saturated carbocycles. The van der Waals surface area contributed by atoms with E-state index in [0.717, 1.165) is 20.1 Å². The monoisotopic (exact) mass is 382 g/mol. The summed E-state index contributed by atoms with van der Waals surface area (Å²) < 4.78 is 6.43. The van der Waals surface area contributed by atoms with Gasteiger partial charge in [0.2, 0.25) is 0 Å². The van der Waals surface area contributed by atoms with E-state index >= 15 is 0 Å². The van der Waals surface area contributed by atoms with Crippen molar-refractivity contribution in [2.75, 3.05) is 5.32 Å². The van der Waals surface area contributed by atoms with Crippen LogP contribution in [0, 0.1) is 13.8 Å². The van der Waals surface area contributed by atoms with Crippen molar-refractivity contribution in [3.8, 4) is 10.6 Å². The van der Waals surface area contributed by atoms with E-state index in [0.29, 0.717) is 16.5 Å². The van der Waals surface area contributed by atoms with Crippen LogP contribution in [0.15, 0.2) is 31.8 Å². The van der Waals surface area contributed by atoms with Crippen LogP contribution in [0.2, 0.25) is 0 Å². The second-order valence-corrected chi connectivity index (χ2v) is 7.74. The second-order valence-electron chi connectivity index (χ2n) is 4.42. The molecule has 3 aromatic rings. The fourth-order valence-electron chi connectivity index (χ4n) is 1.92. The van der Waals surface area contributed by atoms with Gasteiger partial charge in [-0.25, -0.2) is 4.98 Å². The van der Waals surface area contributed by atoms with Crippen molar-refractivity contribution in [2.45, 2.75) is 13.8 Å². The number of hydrogen-bond acceptors (Lipinski definition) is 5. The minimum absolute atomic E-state index is 0.197. The van der Waals surface area contributed by atoms with Crippen LogP contribution in [0.25, 0.3) is 10.6 Å². The molecule has 0 spiro atoms. The lowest BCUT2D eigenvalue weighted by Crippen LogP contribution is -2.11. The number of furan rings is 1. The number of amides is 1. The number of carbonyl (C=O) groups is 1. The predicted octanol–water partition coefficient (Wildman–Crippen LogP) is 5.10. The molecule has 0 aliphatic rings. The molecule has 1 amide bonds. The Hall–Kier alpha value is -1.44. The summed E-state index contributed by atoms with van der Waals surface area (Å²) in [6, 6.07) is 5.71. The molecule has 0 fully saturated rings. The van der Waals surface area contributed by atoms with E-state index in [-0.39, 0.29) is 5.91 Å². The highest BCUT2D eigenvalue weighted by Crippen LogP contribution is 2.33. The number of thiophene rings is 1. The first kappa shape index (κ1) is 14.5. The van der Waals surface area contributed by atoms with Crippen LogP contribution in [-0.2, 0) is 0 Å². The molecule has 3 aromatic heterocycles. The number of aryl methyl sites for hydroxylation is 2. The number of halogens is 1. The predicted molar refractivity (Wildman–Crippen MR) is 89.3 cm³/mol. The number of thiazole rings is 1. The average molecular weight is 383 g/mol. The van der Waals surface area contributed by atoms with E-state index in [4.69, 9.17) is 4.42 Å². The van der Waals surface area contributed by atoms with Crippen LogP contribution in [0.5, 0.6) is 0 Å². The molecular formula is C14H11BrN2O2S2. The molecule has 0 unspecified atom stereocenters. The number of nitrogens with zero attached hydrogens (tertiary/aromatic N) is 1. The molecule has 21 heavy (non-hydrogen) atoms. The molecule has 0 bridgehead atoms. The summed E-state index contributed by atoms with van der Waals surface area (Å²) >= 11 is 6.45. The number of anilines is 1. The highest BCUT2D eigenvalue weighted by molar-refractivity contribution is 9.11. The lowest BCUT2D eigenvalue weighted by molar-refractivity contribution is 0.102. The summed E-state index contributed by atoms with van der Waals surface area (Å²) in [5.74, 6) is 1.14. The minimum Gasteiger partial charge on any atom is -0.466 e. The fraction of sp³-hybridized carbons (Fsp3) is 0.143. The van der Waals surface area contributed by atoms with Crippen LogP contribution >= 0.6 is 38.6 Å². The third kappa shape index (κ3) is 3.09. The van der Waals surface area contributed by atoms with E-state index in [9.17, 15) is 4.79 Å². The van der Waals surface area contributed by atoms with Gasteiger partial charge < -0.3 is 4.42 Å². The quantitative estimate of drug-likeness (QED) is 0.685. The summed E-state index contributed by atoms with van der Waals surface area (Å²) in [7, 11) is 0. The normalized spacial score (nSPS) is 10.8. The number of carbonyl (C=O) groups excluding carboxylic acids is 1. The van der Waals surface area contributed by atoms with Gasteiger partial charge in [-0.3, -0.25) is 10.1 Å². The molecule has 0 aliphatic heterocycles. The molecular weight excluding hydrogens is 372 g/mol. The number of rotatable bonds is 3. The Morgan fingerprint density at radius 1 is 1.38 bits per heavy atom. The van der Waals surface area contributed by atoms with Crippen LogP contribution in [-0.4, -0.2) is 10.9 Å². The fourth-order valence-corrected chi connectivity index (χ4v) is 4.04. The minimum atomic E-state index is -0.197. The third-order valence-electron chi connectivity index (χ3n) is 2.84. The molecule has 4 nitrogen and oxygen atoms in total. The smallest absolute Gasteiger partial charge is 0.260 e. The molecule has 0 atom stereocenters. The maximum absolute atomic E-state index is 12.2. The van der Waals surface area contributed by atoms with E-state index in [2.05, 4.69) is 26.2 Å². The lowest BCUT2D eigenvalue weighted by atomic mass is 10.2. The Balaban J connectivity index is 1.78. The Labute approximate surface area is 138 Å². The van der Waals surface area contributed by atoms with E-state index < -0.39 is 0 Å². The van der Waals surface area contributed by atoms with Crippen molar-refractivity contribution in [1.29, 1.82) is 0 Å². The summed E-state index contributed by atoms with van der Waals surface area (Å²) in [4.78, 5) is 17.7. The molecule has 0 radical (unpaired) electrons. The van der Waals surface area contributed by atoms with Gasteiger partial charge in [-0.1, -0.05) is 0 Å². The Kier molecular flexibility index (Phi) is 3.97. The lowest BCUT2D eigenvalue weighted by Gasteiger charge is -1.99. The van der Waals surface area contributed by atoms with Crippen molar-refractivity contribution >= 4 is 49.6 Å². The number of aromatic nitrogens is 1. The Morgan fingerprint density at radius 2 is 2.19 bits per heavy atom. The first-order chi connectivity index (χ1) is 10.0.